The number of nitrogens with one attached hydrogen (secondary N) is 1. The van der Waals surface area contributed by atoms with E-state index in [0.29, 0.717) is 27.6 Å². The molecule has 8 rings (SSSR count). The highest BCUT2D eigenvalue weighted by Gasteiger charge is 2.51. The molecule has 5 aromatic carbocycles. The zero-order valence-electron chi connectivity index (χ0n) is 31.6. The second-order valence-corrected chi connectivity index (χ2v) is 16.2. The number of amides is 4. The Morgan fingerprint density at radius 1 is 0.828 bits per heavy atom. The number of rotatable bonds is 11. The van der Waals surface area contributed by atoms with Gasteiger partial charge in [-0.05, 0) is 46.5 Å². The third kappa shape index (κ3) is 7.33. The van der Waals surface area contributed by atoms with Crippen LogP contribution >= 0.6 is 0 Å². The molecule has 0 spiro atoms. The van der Waals surface area contributed by atoms with Crippen LogP contribution in [0.2, 0.25) is 0 Å². The molecule has 2 atom stereocenters. The highest BCUT2D eigenvalue weighted by Crippen LogP contribution is 2.37. The fourth-order valence-electron chi connectivity index (χ4n) is 7.95. The number of phenols is 1. The topological polar surface area (TPSA) is 136 Å². The van der Waals surface area contributed by atoms with Gasteiger partial charge in [-0.3, -0.25) is 9.59 Å². The van der Waals surface area contributed by atoms with Gasteiger partial charge in [0.15, 0.2) is 0 Å². The van der Waals surface area contributed by atoms with Gasteiger partial charge in [-0.15, -0.1) is 6.58 Å². The quantitative estimate of drug-likeness (QED) is 0.154. The lowest BCUT2D eigenvalue weighted by Crippen LogP contribution is -2.76. The molecule has 2 saturated heterocycles. The van der Waals surface area contributed by atoms with Crippen molar-refractivity contribution in [3.8, 4) is 16.9 Å². The van der Waals surface area contributed by atoms with Gasteiger partial charge in [-0.25, -0.2) is 27.2 Å². The van der Waals surface area contributed by atoms with Crippen molar-refractivity contribution < 1.29 is 27.9 Å². The minimum atomic E-state index is -4.11. The van der Waals surface area contributed by atoms with Crippen molar-refractivity contribution >= 4 is 38.8 Å². The maximum Gasteiger partial charge on any atom is 0.334 e. The first-order valence-corrected chi connectivity index (χ1v) is 20.4. The molecule has 12 nitrogen and oxygen atoms in total. The van der Waals surface area contributed by atoms with Gasteiger partial charge in [-0.1, -0.05) is 115 Å². The number of urea groups is 1. The van der Waals surface area contributed by atoms with E-state index in [9.17, 15) is 27.9 Å². The zero-order chi connectivity index (χ0) is 40.4. The molecule has 294 valence electrons. The molecular formula is C45H42N6O6S. The Balaban J connectivity index is 1.23. The smallest absolute Gasteiger partial charge is 0.334 e. The lowest BCUT2D eigenvalue weighted by Gasteiger charge is -2.55. The van der Waals surface area contributed by atoms with E-state index < -0.39 is 28.3 Å². The molecule has 3 heterocycles. The van der Waals surface area contributed by atoms with Gasteiger partial charge in [0.2, 0.25) is 11.8 Å². The summed E-state index contributed by atoms with van der Waals surface area (Å²) in [5.41, 5.74) is 4.10. The predicted molar refractivity (Wildman–Crippen MR) is 220 cm³/mol. The Morgan fingerprint density at radius 2 is 1.50 bits per heavy atom. The summed E-state index contributed by atoms with van der Waals surface area (Å²) in [4.78, 5) is 46.5. The van der Waals surface area contributed by atoms with Crippen molar-refractivity contribution in [3.63, 3.8) is 0 Å². The van der Waals surface area contributed by atoms with Crippen LogP contribution < -0.4 is 5.32 Å². The van der Waals surface area contributed by atoms with Crippen LogP contribution in [0.3, 0.4) is 0 Å². The average Bonchev–Trinajstić information content (AvgIpc) is 3.65. The number of carbonyl (C=O) groups excluding carboxylic acids is 3. The average molecular weight is 795 g/mol. The van der Waals surface area contributed by atoms with Crippen molar-refractivity contribution in [2.75, 3.05) is 19.6 Å². The summed E-state index contributed by atoms with van der Waals surface area (Å²) in [6.07, 6.45) is 2.44. The molecule has 0 radical (unpaired) electrons. The minimum absolute atomic E-state index is 0.0235. The number of piperazine rings is 1. The molecule has 1 aromatic heterocycles. The molecule has 2 aliphatic heterocycles. The monoisotopic (exact) mass is 794 g/mol. The summed E-state index contributed by atoms with van der Waals surface area (Å²) in [6.45, 7) is 4.06. The SMILES string of the molecule is C=CCN1CC(=O)N2C(Cc3ccc(O)cc3)C(=O)N(Cc3cccc4c(-c5ccccc5)cn(S(=O)(=O)c5ccccc5)c34)CC2N1C(=O)NCc1ccccc1. The summed E-state index contributed by atoms with van der Waals surface area (Å²) in [7, 11) is -4.11. The first-order valence-electron chi connectivity index (χ1n) is 19.0. The number of para-hydroxylation sites is 1. The number of carbonyl (C=O) groups is 3. The molecule has 0 saturated carbocycles. The standard InChI is InChI=1S/C45H42N6O6S/c1-2-25-48-31-42(53)50-40(26-32-21-23-36(52)24-22-32)44(54)47(30-41(50)51(48)45(55)46-27-33-13-6-3-7-14-33)28-35-17-12-20-38-39(34-15-8-4-9-16-34)29-49(43(35)38)58(56,57)37-18-10-5-11-19-37/h2-24,29,40-41,52H,1,25-28,30-31H2,(H,46,55). The highest BCUT2D eigenvalue weighted by molar-refractivity contribution is 7.90. The van der Waals surface area contributed by atoms with E-state index in [0.717, 1.165) is 11.1 Å². The third-order valence-electron chi connectivity index (χ3n) is 10.7. The number of benzene rings is 5. The Hall–Kier alpha value is -6.70. The van der Waals surface area contributed by atoms with Crippen LogP contribution in [0.1, 0.15) is 16.7 Å². The summed E-state index contributed by atoms with van der Waals surface area (Å²) in [5, 5.41) is 16.8. The Morgan fingerprint density at radius 3 is 2.19 bits per heavy atom. The Bertz CT molecular complexity index is 2580. The molecule has 2 unspecified atom stereocenters. The van der Waals surface area contributed by atoms with Crippen LogP contribution in [0.4, 0.5) is 4.79 Å². The maximum atomic E-state index is 14.9. The number of hydrogen-bond donors (Lipinski definition) is 2. The maximum absolute atomic E-state index is 14.9. The summed E-state index contributed by atoms with van der Waals surface area (Å²) in [5.74, 6) is -0.623. The van der Waals surface area contributed by atoms with E-state index in [4.69, 9.17) is 0 Å². The number of phenolic OH excluding ortho intramolecular Hbond substituents is 1. The minimum Gasteiger partial charge on any atom is -0.508 e. The van der Waals surface area contributed by atoms with Crippen molar-refractivity contribution in [1.29, 1.82) is 0 Å². The van der Waals surface area contributed by atoms with Crippen molar-refractivity contribution in [3.05, 3.63) is 169 Å². The molecular weight excluding hydrogens is 753 g/mol. The van der Waals surface area contributed by atoms with Gasteiger partial charge in [-0.2, -0.15) is 0 Å². The summed E-state index contributed by atoms with van der Waals surface area (Å²) >= 11 is 0. The fraction of sp³-hybridized carbons (Fsp3) is 0.178. The van der Waals surface area contributed by atoms with Gasteiger partial charge in [0, 0.05) is 43.2 Å². The van der Waals surface area contributed by atoms with Gasteiger partial charge in [0.1, 0.15) is 18.0 Å². The molecule has 0 bridgehead atoms. The number of hydrazine groups is 1. The second kappa shape index (κ2) is 16.0. The van der Waals surface area contributed by atoms with Gasteiger partial charge in [0.05, 0.1) is 23.5 Å². The lowest BCUT2D eigenvalue weighted by atomic mass is 9.97. The fourth-order valence-corrected chi connectivity index (χ4v) is 9.38. The van der Waals surface area contributed by atoms with E-state index in [1.54, 1.807) is 64.6 Å². The van der Waals surface area contributed by atoms with E-state index in [-0.39, 0.29) is 61.6 Å². The Labute approximate surface area is 336 Å². The number of fused-ring (bicyclic) bond motifs is 2. The molecule has 2 N–H and O–H groups in total. The Kier molecular flexibility index (Phi) is 10.6. The molecule has 6 aromatic rings. The van der Waals surface area contributed by atoms with E-state index in [1.165, 1.54) is 26.0 Å². The number of hydrogen-bond acceptors (Lipinski definition) is 7. The molecule has 58 heavy (non-hydrogen) atoms. The number of aromatic nitrogens is 1. The molecule has 2 fully saturated rings. The summed E-state index contributed by atoms with van der Waals surface area (Å²) in [6, 6.07) is 37.7. The predicted octanol–water partition coefficient (Wildman–Crippen LogP) is 5.99. The first-order chi connectivity index (χ1) is 28.1. The third-order valence-corrected chi connectivity index (χ3v) is 12.3. The van der Waals surface area contributed by atoms with E-state index in [2.05, 4.69) is 11.9 Å². The van der Waals surface area contributed by atoms with Crippen LogP contribution in [-0.2, 0) is 39.1 Å². The van der Waals surface area contributed by atoms with Crippen molar-refractivity contribution in [1.82, 2.24) is 29.1 Å². The van der Waals surface area contributed by atoms with Crippen molar-refractivity contribution in [2.24, 2.45) is 0 Å². The lowest BCUT2D eigenvalue weighted by molar-refractivity contribution is -0.189. The van der Waals surface area contributed by atoms with E-state index >= 15 is 0 Å². The highest BCUT2D eigenvalue weighted by atomic mass is 32.2. The first kappa shape index (κ1) is 38.2. The second-order valence-electron chi connectivity index (χ2n) is 14.3. The van der Waals surface area contributed by atoms with Gasteiger partial charge < -0.3 is 20.2 Å². The van der Waals surface area contributed by atoms with Crippen LogP contribution in [0, 0.1) is 0 Å². The van der Waals surface area contributed by atoms with Crippen molar-refractivity contribution in [2.45, 2.75) is 36.6 Å². The number of aromatic hydroxyl groups is 1. The normalized spacial score (nSPS) is 17.3. The number of nitrogens with zero attached hydrogens (tertiary/aromatic N) is 5. The largest absolute Gasteiger partial charge is 0.508 e. The molecule has 13 heteroatoms. The van der Waals surface area contributed by atoms with Gasteiger partial charge >= 0.3 is 6.03 Å². The molecule has 0 aliphatic carbocycles. The van der Waals surface area contributed by atoms with Crippen LogP contribution in [0.5, 0.6) is 5.75 Å². The zero-order valence-corrected chi connectivity index (χ0v) is 32.4. The summed E-state index contributed by atoms with van der Waals surface area (Å²) < 4.78 is 30.2. The van der Waals surface area contributed by atoms with E-state index in [1.807, 2.05) is 78.9 Å². The van der Waals surface area contributed by atoms with Gasteiger partial charge in [0.25, 0.3) is 10.0 Å². The molecule has 4 amide bonds. The van der Waals surface area contributed by atoms with Crippen LogP contribution in [0.25, 0.3) is 22.0 Å². The van der Waals surface area contributed by atoms with Crippen LogP contribution in [0.15, 0.2) is 157 Å². The van der Waals surface area contributed by atoms with Crippen LogP contribution in [-0.4, -0.2) is 87.0 Å². The molecule has 2 aliphatic rings.